The molecule has 2 aromatic carbocycles. The van der Waals surface area contributed by atoms with Crippen LogP contribution in [0.15, 0.2) is 61.2 Å². The van der Waals surface area contributed by atoms with Gasteiger partial charge in [0, 0.05) is 5.56 Å². The van der Waals surface area contributed by atoms with E-state index < -0.39 is 0 Å². The zero-order valence-corrected chi connectivity index (χ0v) is 16.1. The van der Waals surface area contributed by atoms with E-state index in [2.05, 4.69) is 24.8 Å². The normalized spacial score (nSPS) is 10.8. The fourth-order valence-corrected chi connectivity index (χ4v) is 2.84. The number of benzene rings is 2. The van der Waals surface area contributed by atoms with E-state index in [9.17, 15) is 4.79 Å². The highest BCUT2D eigenvalue weighted by atomic mass is 16.5. The van der Waals surface area contributed by atoms with Crippen LogP contribution in [0.5, 0.6) is 5.75 Å². The van der Waals surface area contributed by atoms with Crippen molar-refractivity contribution in [1.82, 2.24) is 0 Å². The van der Waals surface area contributed by atoms with Crippen LogP contribution in [0.4, 0.5) is 0 Å². The average molecular weight is 363 g/mol. The van der Waals surface area contributed by atoms with Gasteiger partial charge in [-0.25, -0.2) is 0 Å². The van der Waals surface area contributed by atoms with Crippen molar-refractivity contribution < 1.29 is 9.53 Å². The number of carbonyl (C=O) groups excluding carboxylic acids is 1. The summed E-state index contributed by atoms with van der Waals surface area (Å²) in [4.78, 5) is 10.7. The molecule has 0 saturated carbocycles. The molecule has 0 N–H and O–H groups in total. The summed E-state index contributed by atoms with van der Waals surface area (Å²) in [6.07, 6.45) is 15.6. The van der Waals surface area contributed by atoms with E-state index in [-0.39, 0.29) is 0 Å². The molecule has 0 radical (unpaired) electrons. The summed E-state index contributed by atoms with van der Waals surface area (Å²) in [6.45, 7) is 4.53. The van der Waals surface area contributed by atoms with Crippen LogP contribution in [0.2, 0.25) is 0 Å². The van der Waals surface area contributed by atoms with E-state index in [1.165, 1.54) is 32.1 Å². The third kappa shape index (κ3) is 8.54. The van der Waals surface area contributed by atoms with Gasteiger partial charge in [-0.05, 0) is 42.5 Å². The van der Waals surface area contributed by atoms with Crippen molar-refractivity contribution in [3.8, 4) is 5.75 Å². The molecule has 0 heterocycles. The van der Waals surface area contributed by atoms with Gasteiger partial charge in [-0.2, -0.15) is 0 Å². The molecule has 0 aliphatic heterocycles. The Morgan fingerprint density at radius 1 is 0.704 bits per heavy atom. The molecule has 0 bridgehead atoms. The van der Waals surface area contributed by atoms with Crippen LogP contribution >= 0.6 is 0 Å². The lowest BCUT2D eigenvalue weighted by Crippen LogP contribution is -1.97. The molecule has 0 fully saturated rings. The standard InChI is InChI=1S/C25H30O2/c1-2-3-4-5-6-7-8-9-20-27-25-18-16-23(17-19-25)11-10-22-12-14-24(21-26)15-13-22/h2,10-19,21H,1,3-9,20H2. The van der Waals surface area contributed by atoms with Gasteiger partial charge >= 0.3 is 0 Å². The van der Waals surface area contributed by atoms with Crippen molar-refractivity contribution in [2.45, 2.75) is 44.9 Å². The molecule has 0 saturated heterocycles. The van der Waals surface area contributed by atoms with Crippen molar-refractivity contribution in [2.24, 2.45) is 0 Å². The summed E-state index contributed by atoms with van der Waals surface area (Å²) in [7, 11) is 0. The molecule has 0 atom stereocenters. The number of ether oxygens (including phenoxy) is 1. The molecule has 0 spiro atoms. The van der Waals surface area contributed by atoms with Gasteiger partial charge in [0.2, 0.25) is 0 Å². The lowest BCUT2D eigenvalue weighted by atomic mass is 10.1. The van der Waals surface area contributed by atoms with Gasteiger partial charge < -0.3 is 4.74 Å². The maximum Gasteiger partial charge on any atom is 0.150 e. The topological polar surface area (TPSA) is 26.3 Å². The number of allylic oxidation sites excluding steroid dienone is 1. The highest BCUT2D eigenvalue weighted by Gasteiger charge is 1.96. The quantitative estimate of drug-likeness (QED) is 0.166. The maximum atomic E-state index is 10.7. The smallest absolute Gasteiger partial charge is 0.150 e. The summed E-state index contributed by atoms with van der Waals surface area (Å²) >= 11 is 0. The monoisotopic (exact) mass is 362 g/mol. The fraction of sp³-hybridized carbons (Fsp3) is 0.320. The van der Waals surface area contributed by atoms with Crippen LogP contribution < -0.4 is 4.74 Å². The van der Waals surface area contributed by atoms with Crippen LogP contribution in [0.25, 0.3) is 12.2 Å². The maximum absolute atomic E-state index is 10.7. The molecule has 0 aromatic heterocycles. The summed E-state index contributed by atoms with van der Waals surface area (Å²) in [6, 6.07) is 15.7. The predicted molar refractivity (Wildman–Crippen MR) is 115 cm³/mol. The summed E-state index contributed by atoms with van der Waals surface area (Å²) < 4.78 is 5.82. The first-order valence-electron chi connectivity index (χ1n) is 9.89. The minimum atomic E-state index is 0.696. The van der Waals surface area contributed by atoms with E-state index in [0.29, 0.717) is 5.56 Å². The Balaban J connectivity index is 1.65. The molecule has 142 valence electrons. The minimum Gasteiger partial charge on any atom is -0.494 e. The Bertz CT molecular complexity index is 696. The largest absolute Gasteiger partial charge is 0.494 e. The summed E-state index contributed by atoms with van der Waals surface area (Å²) in [5.74, 6) is 0.925. The van der Waals surface area contributed by atoms with Crippen LogP contribution in [0.1, 0.15) is 66.4 Å². The van der Waals surface area contributed by atoms with E-state index >= 15 is 0 Å². The molecule has 2 aromatic rings. The molecule has 27 heavy (non-hydrogen) atoms. The lowest BCUT2D eigenvalue weighted by molar-refractivity contribution is 0.112. The highest BCUT2D eigenvalue weighted by molar-refractivity contribution is 5.76. The van der Waals surface area contributed by atoms with Crippen LogP contribution in [0, 0.1) is 0 Å². The van der Waals surface area contributed by atoms with E-state index in [4.69, 9.17) is 4.74 Å². The molecular formula is C25H30O2. The van der Waals surface area contributed by atoms with E-state index in [0.717, 1.165) is 42.6 Å². The van der Waals surface area contributed by atoms with Crippen molar-refractivity contribution in [3.05, 3.63) is 77.9 Å². The second-order valence-electron chi connectivity index (χ2n) is 6.73. The summed E-state index contributed by atoms with van der Waals surface area (Å²) in [5, 5.41) is 0. The summed E-state index contributed by atoms with van der Waals surface area (Å²) in [5.41, 5.74) is 2.90. The van der Waals surface area contributed by atoms with Crippen molar-refractivity contribution in [3.63, 3.8) is 0 Å². The Morgan fingerprint density at radius 2 is 1.22 bits per heavy atom. The third-order valence-corrected chi connectivity index (χ3v) is 4.49. The molecular weight excluding hydrogens is 332 g/mol. The number of rotatable bonds is 13. The first-order chi connectivity index (χ1) is 13.3. The van der Waals surface area contributed by atoms with Gasteiger partial charge in [0.1, 0.15) is 12.0 Å². The zero-order valence-electron chi connectivity index (χ0n) is 16.1. The van der Waals surface area contributed by atoms with Gasteiger partial charge in [0.15, 0.2) is 0 Å². The Morgan fingerprint density at radius 3 is 1.81 bits per heavy atom. The number of carbonyl (C=O) groups is 1. The van der Waals surface area contributed by atoms with Crippen LogP contribution in [-0.2, 0) is 0 Å². The number of aldehydes is 1. The van der Waals surface area contributed by atoms with Gasteiger partial charge in [-0.3, -0.25) is 4.79 Å². The fourth-order valence-electron chi connectivity index (χ4n) is 2.84. The third-order valence-electron chi connectivity index (χ3n) is 4.49. The number of unbranched alkanes of at least 4 members (excludes halogenated alkanes) is 6. The van der Waals surface area contributed by atoms with Crippen molar-refractivity contribution >= 4 is 18.4 Å². The van der Waals surface area contributed by atoms with Gasteiger partial charge in [-0.15, -0.1) is 6.58 Å². The SMILES string of the molecule is C=CCCCCCCCCOc1ccc(C=Cc2ccc(C=O)cc2)cc1. The average Bonchev–Trinajstić information content (AvgIpc) is 2.72. The van der Waals surface area contributed by atoms with Gasteiger partial charge in [0.25, 0.3) is 0 Å². The number of hydrogen-bond donors (Lipinski definition) is 0. The first kappa shape index (κ1) is 20.7. The Kier molecular flexibility index (Phi) is 9.73. The molecule has 2 nitrogen and oxygen atoms in total. The first-order valence-corrected chi connectivity index (χ1v) is 9.89. The molecule has 0 unspecified atom stereocenters. The Hall–Kier alpha value is -2.61. The second kappa shape index (κ2) is 12.7. The molecule has 2 heteroatoms. The molecule has 0 aliphatic carbocycles. The van der Waals surface area contributed by atoms with Crippen molar-refractivity contribution in [2.75, 3.05) is 6.61 Å². The highest BCUT2D eigenvalue weighted by Crippen LogP contribution is 2.16. The zero-order chi connectivity index (χ0) is 19.2. The van der Waals surface area contributed by atoms with Crippen LogP contribution in [0.3, 0.4) is 0 Å². The molecule has 0 aliphatic rings. The van der Waals surface area contributed by atoms with E-state index in [1.54, 1.807) is 0 Å². The lowest BCUT2D eigenvalue weighted by Gasteiger charge is -2.06. The van der Waals surface area contributed by atoms with E-state index in [1.807, 2.05) is 48.6 Å². The Labute approximate surface area is 163 Å². The van der Waals surface area contributed by atoms with Crippen molar-refractivity contribution in [1.29, 1.82) is 0 Å². The van der Waals surface area contributed by atoms with Crippen LogP contribution in [-0.4, -0.2) is 12.9 Å². The molecule has 0 amide bonds. The minimum absolute atomic E-state index is 0.696. The van der Waals surface area contributed by atoms with Gasteiger partial charge in [0.05, 0.1) is 6.61 Å². The molecule has 2 rings (SSSR count). The number of hydrogen-bond acceptors (Lipinski definition) is 2. The van der Waals surface area contributed by atoms with Gasteiger partial charge in [-0.1, -0.05) is 80.3 Å². The second-order valence-corrected chi connectivity index (χ2v) is 6.73. The predicted octanol–water partition coefficient (Wildman–Crippen LogP) is 6.97.